The zero-order valence-electron chi connectivity index (χ0n) is 9.79. The van der Waals surface area contributed by atoms with E-state index in [0.29, 0.717) is 13.0 Å². The van der Waals surface area contributed by atoms with Gasteiger partial charge in [0.1, 0.15) is 18.0 Å². The minimum Gasteiger partial charge on any atom is -0.330 e. The molecule has 0 bridgehead atoms. The fraction of sp³-hybridized carbons (Fsp3) is 0.364. The highest BCUT2D eigenvalue weighted by Gasteiger charge is 2.33. The van der Waals surface area contributed by atoms with Gasteiger partial charge in [0.25, 0.3) is 0 Å². The molecule has 0 amide bonds. The summed E-state index contributed by atoms with van der Waals surface area (Å²) in [6, 6.07) is 3.52. The van der Waals surface area contributed by atoms with Crippen LogP contribution in [0.25, 0.3) is 0 Å². The van der Waals surface area contributed by atoms with E-state index in [1.54, 1.807) is 19.1 Å². The summed E-state index contributed by atoms with van der Waals surface area (Å²) < 4.78 is 25.5. The number of hydrogen-bond acceptors (Lipinski definition) is 5. The second-order valence-electron chi connectivity index (χ2n) is 3.60. The van der Waals surface area contributed by atoms with E-state index in [1.807, 2.05) is 0 Å². The summed E-state index contributed by atoms with van der Waals surface area (Å²) >= 11 is 0. The highest BCUT2D eigenvalue weighted by atomic mass is 19.3. The molecule has 1 rings (SSSR count). The van der Waals surface area contributed by atoms with E-state index in [-0.39, 0.29) is 23.8 Å². The van der Waals surface area contributed by atoms with Gasteiger partial charge >= 0.3 is 5.92 Å². The van der Waals surface area contributed by atoms with E-state index in [1.165, 1.54) is 4.90 Å². The Morgan fingerprint density at radius 3 is 2.50 bits per heavy atom. The highest BCUT2D eigenvalue weighted by molar-refractivity contribution is 5.95. The van der Waals surface area contributed by atoms with Gasteiger partial charge in [-0.1, -0.05) is 0 Å². The Morgan fingerprint density at radius 1 is 1.50 bits per heavy atom. The van der Waals surface area contributed by atoms with E-state index in [4.69, 9.17) is 10.5 Å². The maximum atomic E-state index is 12.8. The predicted octanol–water partition coefficient (Wildman–Crippen LogP) is 1.24. The Labute approximate surface area is 103 Å². The molecule has 0 fully saturated rings. The molecule has 0 radical (unpaired) electrons. The summed E-state index contributed by atoms with van der Waals surface area (Å²) in [6.45, 7) is 2.43. The molecule has 0 aliphatic carbocycles. The average molecular weight is 252 g/mol. The molecule has 0 atom stereocenters. The van der Waals surface area contributed by atoms with Crippen LogP contribution in [0.5, 0.6) is 0 Å². The molecular weight excluding hydrogens is 242 g/mol. The molecule has 18 heavy (non-hydrogen) atoms. The van der Waals surface area contributed by atoms with Crippen molar-refractivity contribution in [2.75, 3.05) is 6.54 Å². The fourth-order valence-electron chi connectivity index (χ4n) is 1.40. The monoisotopic (exact) mass is 252 g/mol. The Hall–Kier alpha value is -2.41. The number of halogens is 2. The van der Waals surface area contributed by atoms with Crippen LogP contribution >= 0.6 is 0 Å². The lowest BCUT2D eigenvalue weighted by atomic mass is 10.2. The molecule has 5 nitrogen and oxygen atoms in total. The molecule has 7 heteroatoms. The number of carbonyl (C=O) groups excluding carboxylic acids is 1. The number of nitrogens with zero attached hydrogens (tertiary/aromatic N) is 3. The first-order chi connectivity index (χ1) is 8.35. The zero-order valence-corrected chi connectivity index (χ0v) is 9.79. The van der Waals surface area contributed by atoms with Gasteiger partial charge in [-0.05, 0) is 6.92 Å². The van der Waals surface area contributed by atoms with Crippen molar-refractivity contribution in [3.8, 4) is 12.1 Å². The van der Waals surface area contributed by atoms with Crippen LogP contribution in [-0.2, 0) is 4.79 Å². The number of carbonyl (C=O) groups is 1. The third-order valence-corrected chi connectivity index (χ3v) is 2.28. The molecule has 1 heterocycles. The van der Waals surface area contributed by atoms with Crippen molar-refractivity contribution < 1.29 is 13.6 Å². The van der Waals surface area contributed by atoms with Crippen molar-refractivity contribution in [3.05, 3.63) is 23.3 Å². The van der Waals surface area contributed by atoms with Gasteiger partial charge in [0.2, 0.25) is 5.78 Å². The smallest absolute Gasteiger partial charge is 0.306 e. The first kappa shape index (κ1) is 13.7. The van der Waals surface area contributed by atoms with Gasteiger partial charge in [0, 0.05) is 19.5 Å². The van der Waals surface area contributed by atoms with Gasteiger partial charge in [-0.25, -0.2) is 0 Å². The van der Waals surface area contributed by atoms with Crippen molar-refractivity contribution in [2.45, 2.75) is 19.8 Å². The number of nitrogens with one attached hydrogen (secondary N) is 1. The molecule has 0 saturated carbocycles. The summed E-state index contributed by atoms with van der Waals surface area (Å²) in [7, 11) is 0. The number of ketones is 1. The Morgan fingerprint density at radius 2 is 2.11 bits per heavy atom. The molecule has 1 aliphatic rings. The topological polar surface area (TPSA) is 79.9 Å². The molecule has 0 saturated heterocycles. The lowest BCUT2D eigenvalue weighted by molar-refractivity contribution is -0.135. The Balaban J connectivity index is 3.12. The lowest BCUT2D eigenvalue weighted by Gasteiger charge is -2.17. The van der Waals surface area contributed by atoms with E-state index >= 15 is 0 Å². The molecule has 0 aromatic rings. The predicted molar refractivity (Wildman–Crippen MR) is 57.5 cm³/mol. The minimum absolute atomic E-state index is 0.0112. The standard InChI is InChI=1S/C11H10F2N4O/c1-3-17-8(6-15)7(5-14)16-10(17)4-9(18)11(2,12)13/h4,16H,3H2,1-2H3/b10-4+. The van der Waals surface area contributed by atoms with Gasteiger partial charge in [-0.3, -0.25) is 4.79 Å². The largest absolute Gasteiger partial charge is 0.330 e. The Kier molecular flexibility index (Phi) is 3.67. The number of alkyl halides is 2. The maximum absolute atomic E-state index is 12.8. The van der Waals surface area contributed by atoms with Crippen LogP contribution in [0.4, 0.5) is 8.78 Å². The van der Waals surface area contributed by atoms with Crippen molar-refractivity contribution in [2.24, 2.45) is 0 Å². The normalized spacial score (nSPS) is 17.4. The van der Waals surface area contributed by atoms with Gasteiger partial charge < -0.3 is 10.2 Å². The zero-order chi connectivity index (χ0) is 13.9. The average Bonchev–Trinajstić information content (AvgIpc) is 2.64. The van der Waals surface area contributed by atoms with Crippen molar-refractivity contribution in [1.82, 2.24) is 10.2 Å². The van der Waals surface area contributed by atoms with Crippen molar-refractivity contribution in [1.29, 1.82) is 10.5 Å². The van der Waals surface area contributed by atoms with Crippen LogP contribution in [0.2, 0.25) is 0 Å². The molecule has 94 valence electrons. The van der Waals surface area contributed by atoms with Gasteiger partial charge in [-0.2, -0.15) is 19.3 Å². The highest BCUT2D eigenvalue weighted by Crippen LogP contribution is 2.23. The van der Waals surface area contributed by atoms with E-state index in [2.05, 4.69) is 5.32 Å². The Bertz CT molecular complexity index is 517. The van der Waals surface area contributed by atoms with Crippen LogP contribution in [0, 0.1) is 22.7 Å². The fourth-order valence-corrected chi connectivity index (χ4v) is 1.40. The van der Waals surface area contributed by atoms with E-state index in [0.717, 1.165) is 0 Å². The maximum Gasteiger partial charge on any atom is 0.306 e. The molecule has 0 unspecified atom stereocenters. The van der Waals surface area contributed by atoms with Crippen molar-refractivity contribution >= 4 is 5.78 Å². The molecule has 1 N–H and O–H groups in total. The summed E-state index contributed by atoms with van der Waals surface area (Å²) in [6.07, 6.45) is 0.700. The third kappa shape index (κ3) is 2.46. The van der Waals surface area contributed by atoms with Crippen LogP contribution in [0.15, 0.2) is 23.3 Å². The van der Waals surface area contributed by atoms with E-state index in [9.17, 15) is 13.6 Å². The first-order valence-electron chi connectivity index (χ1n) is 5.08. The number of allylic oxidation sites excluding steroid dienone is 3. The van der Waals surface area contributed by atoms with Crippen LogP contribution < -0.4 is 5.32 Å². The SMILES string of the molecule is CCN1C(C#N)=C(C#N)N/C1=C\C(=O)C(C)(F)F. The summed E-state index contributed by atoms with van der Waals surface area (Å²) in [4.78, 5) is 12.5. The third-order valence-electron chi connectivity index (χ3n) is 2.28. The van der Waals surface area contributed by atoms with Crippen LogP contribution in [0.3, 0.4) is 0 Å². The lowest BCUT2D eigenvalue weighted by Crippen LogP contribution is -2.27. The summed E-state index contributed by atoms with van der Waals surface area (Å²) in [5.41, 5.74) is -0.0451. The van der Waals surface area contributed by atoms with Gasteiger partial charge in [0.05, 0.1) is 0 Å². The molecule has 1 aliphatic heterocycles. The summed E-state index contributed by atoms with van der Waals surface area (Å²) in [5.74, 6) is -4.87. The van der Waals surface area contributed by atoms with Gasteiger partial charge in [0.15, 0.2) is 11.4 Å². The molecule has 0 spiro atoms. The summed E-state index contributed by atoms with van der Waals surface area (Å²) in [5, 5.41) is 20.1. The number of nitriles is 2. The molecule has 0 aromatic heterocycles. The van der Waals surface area contributed by atoms with Crippen LogP contribution in [0.1, 0.15) is 13.8 Å². The number of rotatable bonds is 3. The number of hydrogen-bond donors (Lipinski definition) is 1. The second-order valence-corrected chi connectivity index (χ2v) is 3.60. The van der Waals surface area contributed by atoms with E-state index < -0.39 is 11.7 Å². The van der Waals surface area contributed by atoms with Crippen molar-refractivity contribution in [3.63, 3.8) is 0 Å². The molecule has 0 aromatic carbocycles. The molecular formula is C11H10F2N4O. The second kappa shape index (κ2) is 4.84. The first-order valence-corrected chi connectivity index (χ1v) is 5.08. The quantitative estimate of drug-likeness (QED) is 0.764. The van der Waals surface area contributed by atoms with Crippen LogP contribution in [-0.4, -0.2) is 23.2 Å². The van der Waals surface area contributed by atoms with Gasteiger partial charge in [-0.15, -0.1) is 0 Å². The minimum atomic E-state index is -3.49.